The van der Waals surface area contributed by atoms with E-state index in [9.17, 15) is 19.8 Å². The molecule has 1 rings (SSSR count). The molecule has 0 amide bonds. The smallest absolute Gasteiger partial charge is 0.310 e. The van der Waals surface area contributed by atoms with Crippen molar-refractivity contribution in [2.24, 2.45) is 0 Å². The number of carbonyl (C=O) groups is 2. The van der Waals surface area contributed by atoms with Gasteiger partial charge in [-0.2, -0.15) is 0 Å². The molecule has 0 radical (unpaired) electrons. The quantitative estimate of drug-likeness (QED) is 0.156. The van der Waals surface area contributed by atoms with Gasteiger partial charge in [0.25, 0.3) is 0 Å². The molecule has 0 aromatic rings. The highest BCUT2D eigenvalue weighted by atomic mass is 16.7. The van der Waals surface area contributed by atoms with Crippen molar-refractivity contribution < 1.29 is 34.4 Å². The number of carboxylic acids is 1. The predicted octanol–water partition coefficient (Wildman–Crippen LogP) is 5.15. The molecule has 1 fully saturated rings. The predicted molar refractivity (Wildman–Crippen MR) is 128 cm³/mol. The number of aliphatic hydroxyl groups excluding tert-OH is 2. The molecule has 1 aliphatic heterocycles. The third-order valence-corrected chi connectivity index (χ3v) is 6.42. The van der Waals surface area contributed by atoms with E-state index in [1.807, 2.05) is 0 Å². The molecule has 7 heteroatoms. The van der Waals surface area contributed by atoms with Crippen molar-refractivity contribution in [1.82, 2.24) is 0 Å². The molecule has 3 N–H and O–H groups in total. The van der Waals surface area contributed by atoms with Crippen LogP contribution in [0.4, 0.5) is 0 Å². The zero-order valence-electron chi connectivity index (χ0n) is 20.7. The average Bonchev–Trinajstić information content (AvgIpc) is 2.75. The van der Waals surface area contributed by atoms with E-state index in [0.717, 1.165) is 32.1 Å². The van der Waals surface area contributed by atoms with Crippen LogP contribution in [0.2, 0.25) is 0 Å². The summed E-state index contributed by atoms with van der Waals surface area (Å²) in [4.78, 5) is 21.7. The number of rotatable bonds is 21. The minimum absolute atomic E-state index is 0.154. The molecular formula is C26H48O7. The van der Waals surface area contributed by atoms with Crippen molar-refractivity contribution in [2.75, 3.05) is 6.61 Å². The number of unbranched alkanes of at least 4 members (excludes halogenated alkanes) is 14. The molecule has 0 saturated carbocycles. The summed E-state index contributed by atoms with van der Waals surface area (Å²) in [5.41, 5.74) is 0. The van der Waals surface area contributed by atoms with Crippen LogP contribution in [0.5, 0.6) is 0 Å². The number of ether oxygens (including phenoxy) is 2. The van der Waals surface area contributed by atoms with Gasteiger partial charge in [0.1, 0.15) is 18.3 Å². The van der Waals surface area contributed by atoms with E-state index in [1.165, 1.54) is 64.2 Å². The molecule has 0 aliphatic carbocycles. The molecule has 33 heavy (non-hydrogen) atoms. The second-order valence-electron chi connectivity index (χ2n) is 9.61. The average molecular weight is 473 g/mol. The van der Waals surface area contributed by atoms with E-state index in [2.05, 4.69) is 0 Å². The van der Waals surface area contributed by atoms with E-state index in [-0.39, 0.29) is 18.3 Å². The Kier molecular flexibility index (Phi) is 17.6. The Hall–Kier alpha value is -1.02. The summed E-state index contributed by atoms with van der Waals surface area (Å²) in [7, 11) is 0. The summed E-state index contributed by atoms with van der Waals surface area (Å²) in [6, 6.07) is 0. The van der Waals surface area contributed by atoms with E-state index in [1.54, 1.807) is 6.92 Å². The maximum absolute atomic E-state index is 11.3. The van der Waals surface area contributed by atoms with Gasteiger partial charge in [-0.15, -0.1) is 0 Å². The summed E-state index contributed by atoms with van der Waals surface area (Å²) in [6.07, 6.45) is 16.0. The summed E-state index contributed by atoms with van der Waals surface area (Å²) >= 11 is 0. The van der Waals surface area contributed by atoms with Gasteiger partial charge in [0, 0.05) is 19.4 Å². The van der Waals surface area contributed by atoms with Gasteiger partial charge in [0.05, 0.1) is 12.2 Å². The lowest BCUT2D eigenvalue weighted by Gasteiger charge is -2.35. The van der Waals surface area contributed by atoms with E-state index < -0.39 is 24.5 Å². The number of Topliss-reactive ketones (excluding diaryl/α,β-unsaturated/α-hetero) is 1. The second-order valence-corrected chi connectivity index (χ2v) is 9.61. The molecule has 1 heterocycles. The monoisotopic (exact) mass is 472 g/mol. The van der Waals surface area contributed by atoms with Gasteiger partial charge in [0.2, 0.25) is 0 Å². The van der Waals surface area contributed by atoms with Crippen LogP contribution in [-0.4, -0.2) is 58.3 Å². The van der Waals surface area contributed by atoms with Crippen LogP contribution in [0.3, 0.4) is 0 Å². The zero-order valence-corrected chi connectivity index (χ0v) is 20.7. The zero-order chi connectivity index (χ0) is 24.3. The molecule has 0 unspecified atom stereocenters. The molecule has 1 aliphatic rings. The maximum atomic E-state index is 11.3. The van der Waals surface area contributed by atoms with Crippen molar-refractivity contribution >= 4 is 11.8 Å². The van der Waals surface area contributed by atoms with E-state index in [4.69, 9.17) is 14.6 Å². The van der Waals surface area contributed by atoms with Crippen LogP contribution < -0.4 is 0 Å². The van der Waals surface area contributed by atoms with Gasteiger partial charge >= 0.3 is 5.97 Å². The minimum Gasteiger partial charge on any atom is -0.481 e. The molecule has 7 nitrogen and oxygen atoms in total. The molecule has 4 atom stereocenters. The lowest BCUT2D eigenvalue weighted by atomic mass is 10.0. The summed E-state index contributed by atoms with van der Waals surface area (Å²) < 4.78 is 11.1. The van der Waals surface area contributed by atoms with Gasteiger partial charge in [-0.25, -0.2) is 0 Å². The second kappa shape index (κ2) is 19.3. The molecule has 0 aromatic heterocycles. The van der Waals surface area contributed by atoms with E-state index in [0.29, 0.717) is 19.4 Å². The third kappa shape index (κ3) is 16.3. The minimum atomic E-state index is -1.02. The number of aliphatic hydroxyl groups is 2. The van der Waals surface area contributed by atoms with E-state index >= 15 is 0 Å². The number of ketones is 1. The molecule has 0 bridgehead atoms. The molecule has 0 spiro atoms. The highest BCUT2D eigenvalue weighted by molar-refractivity contribution is 5.94. The Morgan fingerprint density at radius 1 is 0.758 bits per heavy atom. The third-order valence-electron chi connectivity index (χ3n) is 6.42. The fourth-order valence-electron chi connectivity index (χ4n) is 4.27. The maximum Gasteiger partial charge on any atom is 0.310 e. The normalized spacial score (nSPS) is 23.0. The number of hydrogen-bond donors (Lipinski definition) is 3. The topological polar surface area (TPSA) is 113 Å². The van der Waals surface area contributed by atoms with Crippen molar-refractivity contribution in [1.29, 1.82) is 0 Å². The standard InChI is InChI=1S/C26H48O7/c1-21-23(28)20-24(29)26(33-21)32-18-16-14-12-10-8-6-4-2-3-5-7-9-11-13-15-17-22(27)19-25(30)31/h21,23-24,26,28-29H,2-20H2,1H3,(H,30,31)/t21-,23+,24+,26+/m0/s1. The van der Waals surface area contributed by atoms with Gasteiger partial charge in [0.15, 0.2) is 6.29 Å². The first kappa shape index (κ1) is 30.0. The summed E-state index contributed by atoms with van der Waals surface area (Å²) in [6.45, 7) is 2.39. The van der Waals surface area contributed by atoms with Crippen LogP contribution >= 0.6 is 0 Å². The van der Waals surface area contributed by atoms with Gasteiger partial charge in [-0.3, -0.25) is 9.59 Å². The first-order valence-electron chi connectivity index (χ1n) is 13.3. The van der Waals surface area contributed by atoms with Crippen LogP contribution in [0.15, 0.2) is 0 Å². The van der Waals surface area contributed by atoms with Crippen LogP contribution in [0.1, 0.15) is 122 Å². The molecule has 0 aromatic carbocycles. The Morgan fingerprint density at radius 3 is 1.70 bits per heavy atom. The number of aliphatic carboxylic acids is 1. The fourth-order valence-corrected chi connectivity index (χ4v) is 4.27. The SMILES string of the molecule is C[C@@H]1O[C@@H](OCCCCCCCCCCCCCCCCCC(=O)CC(=O)O)[C@H](O)C[C@H]1O. The summed E-state index contributed by atoms with van der Waals surface area (Å²) in [5, 5.41) is 28.1. The van der Waals surface area contributed by atoms with Gasteiger partial charge < -0.3 is 24.8 Å². The Balaban J connectivity index is 1.75. The van der Waals surface area contributed by atoms with Crippen LogP contribution in [0, 0.1) is 0 Å². The van der Waals surface area contributed by atoms with Crippen LogP contribution in [0.25, 0.3) is 0 Å². The molecule has 1 saturated heterocycles. The Bertz CT molecular complexity index is 511. The van der Waals surface area contributed by atoms with Crippen molar-refractivity contribution in [2.45, 2.75) is 147 Å². The lowest BCUT2D eigenvalue weighted by Crippen LogP contribution is -2.47. The van der Waals surface area contributed by atoms with Crippen molar-refractivity contribution in [3.05, 3.63) is 0 Å². The van der Waals surface area contributed by atoms with Crippen molar-refractivity contribution in [3.63, 3.8) is 0 Å². The van der Waals surface area contributed by atoms with Gasteiger partial charge in [-0.1, -0.05) is 83.5 Å². The Labute approximate surface area is 200 Å². The Morgan fingerprint density at radius 2 is 1.21 bits per heavy atom. The first-order chi connectivity index (χ1) is 15.9. The number of carboxylic acid groups (broad SMARTS) is 1. The lowest BCUT2D eigenvalue weighted by molar-refractivity contribution is -0.261. The fraction of sp³-hybridized carbons (Fsp3) is 0.923. The number of hydrogen-bond acceptors (Lipinski definition) is 6. The van der Waals surface area contributed by atoms with Crippen molar-refractivity contribution in [3.8, 4) is 0 Å². The van der Waals surface area contributed by atoms with Gasteiger partial charge in [-0.05, 0) is 19.8 Å². The number of carbonyl (C=O) groups excluding carboxylic acids is 1. The van der Waals surface area contributed by atoms with Crippen LogP contribution in [-0.2, 0) is 19.1 Å². The first-order valence-corrected chi connectivity index (χ1v) is 13.3. The highest BCUT2D eigenvalue weighted by Crippen LogP contribution is 2.21. The molecule has 194 valence electrons. The summed E-state index contributed by atoms with van der Waals surface area (Å²) in [5.74, 6) is -1.18. The molecular weight excluding hydrogens is 424 g/mol. The largest absolute Gasteiger partial charge is 0.481 e. The highest BCUT2D eigenvalue weighted by Gasteiger charge is 2.34.